The summed E-state index contributed by atoms with van der Waals surface area (Å²) in [4.78, 5) is 11.2. The predicted octanol–water partition coefficient (Wildman–Crippen LogP) is 2.00. The van der Waals surface area contributed by atoms with Crippen LogP contribution in [0.25, 0.3) is 0 Å². The average molecular weight is 248 g/mol. The zero-order valence-electron chi connectivity index (χ0n) is 9.77. The zero-order valence-corrected chi connectivity index (χ0v) is 9.77. The summed E-state index contributed by atoms with van der Waals surface area (Å²) in [6, 6.07) is 6.46. The van der Waals surface area contributed by atoms with Gasteiger partial charge in [-0.25, -0.2) is 9.18 Å². The topological polar surface area (TPSA) is 43.8 Å². The molecule has 18 heavy (non-hydrogen) atoms. The van der Waals surface area contributed by atoms with E-state index in [0.29, 0.717) is 11.3 Å². The minimum Gasteiger partial charge on any atom is -0.478 e. The number of anilines is 1. The van der Waals surface area contributed by atoms with E-state index in [1.54, 1.807) is 23.2 Å². The van der Waals surface area contributed by atoms with E-state index >= 15 is 0 Å². The SMILES string of the molecule is O=C(O)C1=C2CCCN2N(c2ccccc2F)C1. The molecule has 1 N–H and O–H groups in total. The Balaban J connectivity index is 1.99. The molecule has 0 aromatic heterocycles. The second kappa shape index (κ2) is 4.01. The summed E-state index contributed by atoms with van der Waals surface area (Å²) in [5.41, 5.74) is 1.65. The maximum absolute atomic E-state index is 13.8. The Bertz CT molecular complexity index is 542. The fraction of sp³-hybridized carbons (Fsp3) is 0.308. The lowest BCUT2D eigenvalue weighted by molar-refractivity contribution is -0.132. The van der Waals surface area contributed by atoms with E-state index in [9.17, 15) is 14.3 Å². The van der Waals surface area contributed by atoms with Gasteiger partial charge in [-0.1, -0.05) is 12.1 Å². The number of aliphatic carboxylic acids is 1. The molecule has 2 aliphatic rings. The number of hydrazine groups is 1. The summed E-state index contributed by atoms with van der Waals surface area (Å²) >= 11 is 0. The first-order chi connectivity index (χ1) is 8.68. The molecule has 1 saturated heterocycles. The highest BCUT2D eigenvalue weighted by molar-refractivity contribution is 5.90. The average Bonchev–Trinajstić information content (AvgIpc) is 2.90. The van der Waals surface area contributed by atoms with Crippen LogP contribution < -0.4 is 5.01 Å². The van der Waals surface area contributed by atoms with Crippen LogP contribution >= 0.6 is 0 Å². The van der Waals surface area contributed by atoms with E-state index in [2.05, 4.69) is 0 Å². The summed E-state index contributed by atoms with van der Waals surface area (Å²) in [6.45, 7) is 0.992. The number of para-hydroxylation sites is 1. The van der Waals surface area contributed by atoms with E-state index in [0.717, 1.165) is 25.1 Å². The van der Waals surface area contributed by atoms with Crippen molar-refractivity contribution in [3.05, 3.63) is 41.4 Å². The van der Waals surface area contributed by atoms with Crippen LogP contribution in [0.2, 0.25) is 0 Å². The molecule has 94 valence electrons. The second-order valence-corrected chi connectivity index (χ2v) is 4.47. The first-order valence-corrected chi connectivity index (χ1v) is 5.93. The third-order valence-electron chi connectivity index (χ3n) is 3.43. The first kappa shape index (κ1) is 11.1. The van der Waals surface area contributed by atoms with E-state index < -0.39 is 5.97 Å². The molecule has 1 fully saturated rings. The van der Waals surface area contributed by atoms with Crippen LogP contribution in [-0.4, -0.2) is 29.2 Å². The maximum atomic E-state index is 13.8. The van der Waals surface area contributed by atoms with Gasteiger partial charge in [0.25, 0.3) is 0 Å². The molecule has 4 nitrogen and oxygen atoms in total. The lowest BCUT2D eigenvalue weighted by atomic mass is 10.2. The number of benzene rings is 1. The van der Waals surface area contributed by atoms with E-state index in [-0.39, 0.29) is 12.4 Å². The minimum atomic E-state index is -0.907. The molecular weight excluding hydrogens is 235 g/mol. The van der Waals surface area contributed by atoms with Crippen molar-refractivity contribution in [1.82, 2.24) is 5.01 Å². The quantitative estimate of drug-likeness (QED) is 0.869. The van der Waals surface area contributed by atoms with Gasteiger partial charge in [-0.05, 0) is 25.0 Å². The Morgan fingerprint density at radius 3 is 2.78 bits per heavy atom. The van der Waals surface area contributed by atoms with Gasteiger partial charge in [-0.15, -0.1) is 0 Å². The molecule has 1 aromatic rings. The van der Waals surface area contributed by atoms with E-state index in [1.165, 1.54) is 6.07 Å². The van der Waals surface area contributed by atoms with Crippen molar-refractivity contribution in [1.29, 1.82) is 0 Å². The highest BCUT2D eigenvalue weighted by Crippen LogP contribution is 2.36. The molecule has 3 rings (SSSR count). The minimum absolute atomic E-state index is 0.242. The second-order valence-electron chi connectivity index (χ2n) is 4.47. The first-order valence-electron chi connectivity index (χ1n) is 5.93. The lowest BCUT2D eigenvalue weighted by Gasteiger charge is -2.30. The van der Waals surface area contributed by atoms with Crippen LogP contribution in [0.15, 0.2) is 35.5 Å². The molecule has 0 atom stereocenters. The Morgan fingerprint density at radius 2 is 2.06 bits per heavy atom. The van der Waals surface area contributed by atoms with E-state index in [1.807, 2.05) is 5.01 Å². The number of halogens is 1. The van der Waals surface area contributed by atoms with Gasteiger partial charge in [-0.3, -0.25) is 10.0 Å². The number of hydrogen-bond donors (Lipinski definition) is 1. The van der Waals surface area contributed by atoms with Gasteiger partial charge in [0.2, 0.25) is 0 Å². The van der Waals surface area contributed by atoms with Gasteiger partial charge >= 0.3 is 5.97 Å². The number of carbonyl (C=O) groups is 1. The van der Waals surface area contributed by atoms with Crippen LogP contribution in [-0.2, 0) is 4.79 Å². The smallest absolute Gasteiger partial charge is 0.335 e. The largest absolute Gasteiger partial charge is 0.478 e. The van der Waals surface area contributed by atoms with Gasteiger partial charge < -0.3 is 5.11 Å². The summed E-state index contributed by atoms with van der Waals surface area (Å²) < 4.78 is 13.8. The Hall–Kier alpha value is -2.04. The molecule has 2 heterocycles. The van der Waals surface area contributed by atoms with Crippen LogP contribution in [0.1, 0.15) is 12.8 Å². The molecule has 5 heteroatoms. The van der Waals surface area contributed by atoms with Crippen LogP contribution in [0.4, 0.5) is 10.1 Å². The fourth-order valence-electron chi connectivity index (χ4n) is 2.63. The van der Waals surface area contributed by atoms with Crippen molar-refractivity contribution < 1.29 is 14.3 Å². The molecular formula is C13H13FN2O2. The van der Waals surface area contributed by atoms with Gasteiger partial charge in [0.15, 0.2) is 0 Å². The maximum Gasteiger partial charge on any atom is 0.335 e. The molecule has 0 bridgehead atoms. The summed E-state index contributed by atoms with van der Waals surface area (Å²) in [5, 5.41) is 12.8. The molecule has 0 saturated carbocycles. The third kappa shape index (κ3) is 1.54. The van der Waals surface area contributed by atoms with Crippen molar-refractivity contribution in [2.45, 2.75) is 12.8 Å². The Kier molecular flexibility index (Phi) is 2.47. The normalized spacial score (nSPS) is 18.5. The van der Waals surface area contributed by atoms with Crippen LogP contribution in [0.3, 0.4) is 0 Å². The fourth-order valence-corrected chi connectivity index (χ4v) is 2.63. The van der Waals surface area contributed by atoms with Crippen molar-refractivity contribution in [2.75, 3.05) is 18.1 Å². The molecule has 0 spiro atoms. The number of fused-ring (bicyclic) bond motifs is 1. The monoisotopic (exact) mass is 248 g/mol. The highest BCUT2D eigenvalue weighted by atomic mass is 19.1. The van der Waals surface area contributed by atoms with Gasteiger partial charge in [0, 0.05) is 12.2 Å². The van der Waals surface area contributed by atoms with Crippen molar-refractivity contribution >= 4 is 11.7 Å². The molecule has 1 aromatic carbocycles. The van der Waals surface area contributed by atoms with Crippen LogP contribution in [0.5, 0.6) is 0 Å². The molecule has 0 aliphatic carbocycles. The number of carboxylic acid groups (broad SMARTS) is 1. The lowest BCUT2D eigenvalue weighted by Crippen LogP contribution is -2.36. The molecule has 0 amide bonds. The van der Waals surface area contributed by atoms with Crippen molar-refractivity contribution in [3.8, 4) is 0 Å². The number of allylic oxidation sites excluding steroid dienone is 1. The van der Waals surface area contributed by atoms with E-state index in [4.69, 9.17) is 0 Å². The van der Waals surface area contributed by atoms with Crippen LogP contribution in [0, 0.1) is 5.82 Å². The highest BCUT2D eigenvalue weighted by Gasteiger charge is 2.36. The Morgan fingerprint density at radius 1 is 1.28 bits per heavy atom. The summed E-state index contributed by atoms with van der Waals surface area (Å²) in [5.74, 6) is -1.23. The molecule has 0 unspecified atom stereocenters. The number of nitrogens with zero attached hydrogens (tertiary/aromatic N) is 2. The Labute approximate surface area is 104 Å². The molecule has 2 aliphatic heterocycles. The van der Waals surface area contributed by atoms with Gasteiger partial charge in [0.05, 0.1) is 17.8 Å². The molecule has 0 radical (unpaired) electrons. The predicted molar refractivity (Wildman–Crippen MR) is 64.3 cm³/mol. The summed E-state index contributed by atoms with van der Waals surface area (Å²) in [7, 11) is 0. The summed E-state index contributed by atoms with van der Waals surface area (Å²) in [6.07, 6.45) is 1.67. The van der Waals surface area contributed by atoms with Gasteiger partial charge in [-0.2, -0.15) is 0 Å². The number of hydrogen-bond acceptors (Lipinski definition) is 3. The number of rotatable bonds is 2. The van der Waals surface area contributed by atoms with Crippen molar-refractivity contribution in [2.24, 2.45) is 0 Å². The third-order valence-corrected chi connectivity index (χ3v) is 3.43. The standard InChI is InChI=1S/C13H13FN2O2/c14-10-4-1-2-5-12(10)16-8-9(13(17)18)11-6-3-7-15(11)16/h1-2,4-5H,3,6-8H2,(H,17,18). The van der Waals surface area contributed by atoms with Gasteiger partial charge in [0.1, 0.15) is 5.82 Å². The zero-order chi connectivity index (χ0) is 12.7. The van der Waals surface area contributed by atoms with Crippen molar-refractivity contribution in [3.63, 3.8) is 0 Å². The number of carboxylic acids is 1.